The van der Waals surface area contributed by atoms with Gasteiger partial charge in [0.05, 0.1) is 23.5 Å². The van der Waals surface area contributed by atoms with Crippen LogP contribution in [0.3, 0.4) is 0 Å². The van der Waals surface area contributed by atoms with Gasteiger partial charge < -0.3 is 19.2 Å². The van der Waals surface area contributed by atoms with Gasteiger partial charge in [-0.1, -0.05) is 12.1 Å². The number of piperidine rings is 2. The third-order valence-electron chi connectivity index (χ3n) is 9.35. The van der Waals surface area contributed by atoms with Crippen LogP contribution in [0, 0.1) is 11.3 Å². The Kier molecular flexibility index (Phi) is 10.2. The SMILES string of the molecule is N#Cc1ccc(-n2cc(CN3CCC(Oc4ccc5oc(C(=O)NC6CCN(Cc7ccc(OC(F)(F)F)cc7)CC6)cc5c4)C(F)C3)cn2)cc1. The summed E-state index contributed by atoms with van der Waals surface area (Å²) in [4.78, 5) is 17.3. The number of ether oxygens (including phenoxy) is 2. The van der Waals surface area contributed by atoms with Crippen LogP contribution < -0.4 is 14.8 Å². The summed E-state index contributed by atoms with van der Waals surface area (Å²) >= 11 is 0. The van der Waals surface area contributed by atoms with E-state index in [9.17, 15) is 18.0 Å². The average Bonchev–Trinajstić information content (AvgIpc) is 3.78. The van der Waals surface area contributed by atoms with Crippen molar-refractivity contribution in [1.82, 2.24) is 24.9 Å². The quantitative estimate of drug-likeness (QED) is 0.158. The number of aromatic nitrogens is 2. The molecule has 1 N–H and O–H groups in total. The van der Waals surface area contributed by atoms with Crippen LogP contribution in [0.1, 0.15) is 46.5 Å². The lowest BCUT2D eigenvalue weighted by atomic mass is 10.0. The lowest BCUT2D eigenvalue weighted by Gasteiger charge is -2.34. The van der Waals surface area contributed by atoms with Gasteiger partial charge in [0.25, 0.3) is 5.91 Å². The third-order valence-corrected chi connectivity index (χ3v) is 9.35. The predicted octanol–water partition coefficient (Wildman–Crippen LogP) is 6.77. The Morgan fingerprint density at radius 3 is 2.35 bits per heavy atom. The van der Waals surface area contributed by atoms with Crippen LogP contribution in [0.5, 0.6) is 11.5 Å². The number of fused-ring (bicyclic) bond motifs is 1. The Bertz CT molecular complexity index is 2030. The number of carbonyl (C=O) groups excluding carboxylic acids is 1. The van der Waals surface area contributed by atoms with Crippen LogP contribution in [0.2, 0.25) is 0 Å². The van der Waals surface area contributed by atoms with Gasteiger partial charge in [0.1, 0.15) is 29.4 Å². The van der Waals surface area contributed by atoms with Gasteiger partial charge in [-0.15, -0.1) is 13.2 Å². The number of amides is 1. The predicted molar refractivity (Wildman–Crippen MR) is 183 cm³/mol. The molecule has 5 aromatic rings. The number of furan rings is 1. The fraction of sp³-hybridized carbons (Fsp3) is 0.342. The second-order valence-corrected chi connectivity index (χ2v) is 13.2. The summed E-state index contributed by atoms with van der Waals surface area (Å²) in [5, 5.41) is 17.2. The minimum absolute atomic E-state index is 0.0514. The number of nitriles is 1. The first-order chi connectivity index (χ1) is 25.1. The van der Waals surface area contributed by atoms with Gasteiger partial charge in [-0.2, -0.15) is 10.4 Å². The molecule has 2 atom stereocenters. The molecule has 0 radical (unpaired) electrons. The lowest BCUT2D eigenvalue weighted by molar-refractivity contribution is -0.274. The van der Waals surface area contributed by atoms with E-state index in [-0.39, 0.29) is 30.0 Å². The summed E-state index contributed by atoms with van der Waals surface area (Å²) in [6.07, 6.45) is -0.935. The Hall–Kier alpha value is -5.39. The average molecular weight is 717 g/mol. The molecular formula is C38H36F4N6O4. The molecule has 2 aromatic heterocycles. The number of benzene rings is 3. The van der Waals surface area contributed by atoms with E-state index < -0.39 is 18.6 Å². The minimum atomic E-state index is -4.72. The molecule has 14 heteroatoms. The van der Waals surface area contributed by atoms with Crippen molar-refractivity contribution in [2.75, 3.05) is 26.2 Å². The van der Waals surface area contributed by atoms with Gasteiger partial charge in [-0.3, -0.25) is 14.6 Å². The van der Waals surface area contributed by atoms with E-state index in [1.165, 1.54) is 12.1 Å². The molecule has 2 unspecified atom stereocenters. The zero-order chi connectivity index (χ0) is 36.2. The Morgan fingerprint density at radius 2 is 1.63 bits per heavy atom. The summed E-state index contributed by atoms with van der Waals surface area (Å²) in [7, 11) is 0. The monoisotopic (exact) mass is 716 g/mol. The van der Waals surface area contributed by atoms with Gasteiger partial charge in [0, 0.05) is 62.5 Å². The van der Waals surface area contributed by atoms with E-state index in [1.54, 1.807) is 59.4 Å². The third kappa shape index (κ3) is 8.72. The second-order valence-electron chi connectivity index (χ2n) is 13.2. The molecular weight excluding hydrogens is 680 g/mol. The molecule has 1 amide bonds. The normalized spacial score (nSPS) is 19.0. The smallest absolute Gasteiger partial charge is 0.487 e. The fourth-order valence-electron chi connectivity index (χ4n) is 6.68. The molecule has 7 rings (SSSR count). The molecule has 4 heterocycles. The number of likely N-dealkylation sites (tertiary alicyclic amines) is 2. The maximum absolute atomic E-state index is 15.3. The molecule has 2 fully saturated rings. The summed E-state index contributed by atoms with van der Waals surface area (Å²) in [5.41, 5.74) is 3.77. The van der Waals surface area contributed by atoms with E-state index in [0.29, 0.717) is 74.3 Å². The minimum Gasteiger partial charge on any atom is -0.487 e. The molecule has 0 spiro atoms. The highest BCUT2D eigenvalue weighted by molar-refractivity contribution is 5.96. The van der Waals surface area contributed by atoms with Crippen molar-refractivity contribution in [3.63, 3.8) is 0 Å². The van der Waals surface area contributed by atoms with Crippen LogP contribution in [0.4, 0.5) is 17.6 Å². The highest BCUT2D eigenvalue weighted by Crippen LogP contribution is 2.29. The second kappa shape index (κ2) is 15.1. The van der Waals surface area contributed by atoms with Crippen molar-refractivity contribution in [3.8, 4) is 23.3 Å². The van der Waals surface area contributed by atoms with Gasteiger partial charge >= 0.3 is 6.36 Å². The molecule has 270 valence electrons. The molecule has 52 heavy (non-hydrogen) atoms. The number of halogens is 4. The Morgan fingerprint density at radius 1 is 0.923 bits per heavy atom. The number of nitrogens with one attached hydrogen (secondary N) is 1. The fourth-order valence-corrected chi connectivity index (χ4v) is 6.68. The molecule has 10 nitrogen and oxygen atoms in total. The maximum Gasteiger partial charge on any atom is 0.573 e. The number of hydrogen-bond donors (Lipinski definition) is 1. The van der Waals surface area contributed by atoms with Crippen molar-refractivity contribution in [2.24, 2.45) is 0 Å². The van der Waals surface area contributed by atoms with Crippen LogP contribution in [-0.4, -0.2) is 76.3 Å². The van der Waals surface area contributed by atoms with Crippen LogP contribution >= 0.6 is 0 Å². The van der Waals surface area contributed by atoms with Crippen molar-refractivity contribution in [3.05, 3.63) is 108 Å². The maximum atomic E-state index is 15.3. The largest absolute Gasteiger partial charge is 0.573 e. The highest BCUT2D eigenvalue weighted by Gasteiger charge is 2.32. The topological polar surface area (TPSA) is 109 Å². The van der Waals surface area contributed by atoms with E-state index in [0.717, 1.165) is 16.8 Å². The van der Waals surface area contributed by atoms with Gasteiger partial charge in [0.2, 0.25) is 0 Å². The molecule has 2 aliphatic heterocycles. The summed E-state index contributed by atoms with van der Waals surface area (Å²) in [6.45, 7) is 3.43. The van der Waals surface area contributed by atoms with Crippen molar-refractivity contribution in [2.45, 2.75) is 57.0 Å². The van der Waals surface area contributed by atoms with Crippen molar-refractivity contribution in [1.29, 1.82) is 5.26 Å². The van der Waals surface area contributed by atoms with Crippen molar-refractivity contribution < 1.29 is 36.2 Å². The first kappa shape index (κ1) is 35.0. The van der Waals surface area contributed by atoms with Crippen LogP contribution in [0.15, 0.2) is 89.6 Å². The van der Waals surface area contributed by atoms with E-state index >= 15 is 4.39 Å². The van der Waals surface area contributed by atoms with Crippen LogP contribution in [-0.2, 0) is 13.1 Å². The summed E-state index contributed by atoms with van der Waals surface area (Å²) in [6, 6.07) is 21.9. The molecule has 2 saturated heterocycles. The lowest BCUT2D eigenvalue weighted by Crippen LogP contribution is -2.46. The number of nitrogens with zero attached hydrogens (tertiary/aromatic N) is 5. The van der Waals surface area contributed by atoms with Crippen molar-refractivity contribution >= 4 is 16.9 Å². The number of alkyl halides is 4. The number of carbonyl (C=O) groups is 1. The van der Waals surface area contributed by atoms with Gasteiger partial charge in [-0.05, 0) is 85.5 Å². The summed E-state index contributed by atoms with van der Waals surface area (Å²) in [5.74, 6) is 0.0998. The first-order valence-corrected chi connectivity index (χ1v) is 17.1. The zero-order valence-corrected chi connectivity index (χ0v) is 28.1. The van der Waals surface area contributed by atoms with Gasteiger partial charge in [0.15, 0.2) is 5.76 Å². The molecule has 0 bridgehead atoms. The molecule has 3 aromatic carbocycles. The molecule has 2 aliphatic rings. The highest BCUT2D eigenvalue weighted by atomic mass is 19.4. The van der Waals surface area contributed by atoms with E-state index in [1.807, 2.05) is 23.2 Å². The summed E-state index contributed by atoms with van der Waals surface area (Å²) < 4.78 is 70.2. The molecule has 0 aliphatic carbocycles. The van der Waals surface area contributed by atoms with E-state index in [2.05, 4.69) is 26.1 Å². The van der Waals surface area contributed by atoms with Gasteiger partial charge in [-0.25, -0.2) is 9.07 Å². The first-order valence-electron chi connectivity index (χ1n) is 17.1. The standard InChI is InChI=1S/C38H36F4N6O4/c39-33-24-47(22-27-20-44-48(23-27)30-5-1-25(19-43)2-6-30)16-13-35(33)50-32-9-10-34-28(17-32)18-36(51-34)37(49)45-29-11-14-46(15-12-29)21-26-3-7-31(8-4-26)52-38(40,41)42/h1-10,17-18,20,23,29,33,35H,11-16,21-22,24H2,(H,45,49). The Balaban J connectivity index is 0.867. The van der Waals surface area contributed by atoms with E-state index in [4.69, 9.17) is 14.4 Å². The number of rotatable bonds is 10. The van der Waals surface area contributed by atoms with Crippen LogP contribution in [0.25, 0.3) is 16.7 Å². The molecule has 0 saturated carbocycles. The Labute approximate surface area is 297 Å². The zero-order valence-electron chi connectivity index (χ0n) is 28.1. The number of hydrogen-bond acceptors (Lipinski definition) is 8.